The monoisotopic (exact) mass is 397 g/mol. The van der Waals surface area contributed by atoms with Crippen LogP contribution in [0.3, 0.4) is 0 Å². The molecule has 26 heavy (non-hydrogen) atoms. The van der Waals surface area contributed by atoms with E-state index in [-0.39, 0.29) is 28.7 Å². The van der Waals surface area contributed by atoms with Gasteiger partial charge in [-0.3, -0.25) is 9.79 Å². The first-order valence-corrected chi connectivity index (χ1v) is 11.2. The van der Waals surface area contributed by atoms with E-state index >= 15 is 0 Å². The Morgan fingerprint density at radius 3 is 2.77 bits per heavy atom. The molecule has 0 unspecified atom stereocenters. The number of hydrogen-bond acceptors (Lipinski definition) is 7. The molecule has 0 aliphatic carbocycles. The molecule has 7 nitrogen and oxygen atoms in total. The molecule has 1 aromatic carbocycles. The lowest BCUT2D eigenvalue weighted by atomic mass is 10.1. The van der Waals surface area contributed by atoms with Gasteiger partial charge in [0.25, 0.3) is 0 Å². The standard InChI is InChI=1S/C17H23N3O4S2/c1-24-8-2-7-18-16(21)9-12-3-5-13(6-4-12)19-17-20-14-10-26(22,23)11-15(14)25-17/h3-6,14-15H,2,7-11H2,1H3,(H,18,21)(H,19,20)/t14-,15-/m0/s1. The average Bonchev–Trinajstić information content (AvgIpc) is 3.06. The zero-order valence-electron chi connectivity index (χ0n) is 14.6. The fourth-order valence-corrected chi connectivity index (χ4v) is 6.61. The van der Waals surface area contributed by atoms with Crippen LogP contribution >= 0.6 is 11.8 Å². The highest BCUT2D eigenvalue weighted by atomic mass is 32.2. The molecular formula is C17H23N3O4S2. The van der Waals surface area contributed by atoms with Gasteiger partial charge in [-0.15, -0.1) is 0 Å². The van der Waals surface area contributed by atoms with Crippen LogP contribution in [0, 0.1) is 0 Å². The fourth-order valence-electron chi connectivity index (χ4n) is 2.94. The smallest absolute Gasteiger partial charge is 0.224 e. The van der Waals surface area contributed by atoms with Crippen LogP contribution in [0.2, 0.25) is 0 Å². The highest BCUT2D eigenvalue weighted by Gasteiger charge is 2.42. The zero-order chi connectivity index (χ0) is 18.6. The molecule has 0 radical (unpaired) electrons. The molecule has 2 aliphatic heterocycles. The number of benzene rings is 1. The zero-order valence-corrected chi connectivity index (χ0v) is 16.2. The lowest BCUT2D eigenvalue weighted by molar-refractivity contribution is -0.120. The molecule has 1 fully saturated rings. The summed E-state index contributed by atoms with van der Waals surface area (Å²) < 4.78 is 28.1. The van der Waals surface area contributed by atoms with E-state index in [0.717, 1.165) is 22.8 Å². The number of sulfone groups is 1. The van der Waals surface area contributed by atoms with Crippen LogP contribution < -0.4 is 10.6 Å². The van der Waals surface area contributed by atoms with E-state index in [9.17, 15) is 13.2 Å². The topological polar surface area (TPSA) is 96.9 Å². The predicted octanol–water partition coefficient (Wildman–Crippen LogP) is 1.06. The molecule has 1 aromatic rings. The van der Waals surface area contributed by atoms with Gasteiger partial charge in [0, 0.05) is 31.2 Å². The minimum absolute atomic E-state index is 0.00781. The van der Waals surface area contributed by atoms with Crippen molar-refractivity contribution in [1.29, 1.82) is 0 Å². The van der Waals surface area contributed by atoms with Gasteiger partial charge in [0.05, 0.1) is 24.0 Å². The molecule has 1 saturated heterocycles. The van der Waals surface area contributed by atoms with Crippen molar-refractivity contribution in [3.63, 3.8) is 0 Å². The number of rotatable bonds is 7. The van der Waals surface area contributed by atoms with E-state index in [1.165, 1.54) is 11.8 Å². The second kappa shape index (κ2) is 8.41. The average molecular weight is 398 g/mol. The van der Waals surface area contributed by atoms with Crippen molar-refractivity contribution < 1.29 is 17.9 Å². The number of hydrogen-bond donors (Lipinski definition) is 2. The Kier molecular flexibility index (Phi) is 6.20. The highest BCUT2D eigenvalue weighted by molar-refractivity contribution is 8.15. The third-order valence-electron chi connectivity index (χ3n) is 4.24. The van der Waals surface area contributed by atoms with Crippen LogP contribution in [0.5, 0.6) is 0 Å². The van der Waals surface area contributed by atoms with E-state index in [4.69, 9.17) is 4.74 Å². The summed E-state index contributed by atoms with van der Waals surface area (Å²) in [5, 5.41) is 6.89. The number of nitrogens with one attached hydrogen (secondary N) is 2. The van der Waals surface area contributed by atoms with Crippen LogP contribution in [0.25, 0.3) is 0 Å². The fraction of sp³-hybridized carbons (Fsp3) is 0.529. The van der Waals surface area contributed by atoms with Crippen molar-refractivity contribution in [2.75, 3.05) is 37.1 Å². The molecule has 3 rings (SSSR count). The molecule has 0 spiro atoms. The van der Waals surface area contributed by atoms with Gasteiger partial charge in [-0.2, -0.15) is 0 Å². The number of fused-ring (bicyclic) bond motifs is 1. The normalized spacial score (nSPS) is 23.3. The molecule has 0 saturated carbocycles. The number of carbonyl (C=O) groups is 1. The number of nitrogens with zero attached hydrogens (tertiary/aromatic N) is 1. The highest BCUT2D eigenvalue weighted by Crippen LogP contribution is 2.34. The number of anilines is 1. The molecule has 9 heteroatoms. The molecule has 2 N–H and O–H groups in total. The predicted molar refractivity (Wildman–Crippen MR) is 105 cm³/mol. The maximum Gasteiger partial charge on any atom is 0.224 e. The summed E-state index contributed by atoms with van der Waals surface area (Å²) in [5.41, 5.74) is 1.81. The summed E-state index contributed by atoms with van der Waals surface area (Å²) in [6.07, 6.45) is 1.14. The number of carbonyl (C=O) groups excluding carboxylic acids is 1. The first-order valence-electron chi connectivity index (χ1n) is 8.52. The third kappa shape index (κ3) is 5.21. The van der Waals surface area contributed by atoms with Crippen LogP contribution in [0.4, 0.5) is 5.69 Å². The van der Waals surface area contributed by atoms with Crippen LogP contribution in [-0.4, -0.2) is 62.6 Å². The molecular weight excluding hydrogens is 374 g/mol. The summed E-state index contributed by atoms with van der Waals surface area (Å²) >= 11 is 1.49. The summed E-state index contributed by atoms with van der Waals surface area (Å²) in [6, 6.07) is 7.49. The number of amides is 1. The number of amidine groups is 1. The van der Waals surface area contributed by atoms with Crippen molar-refractivity contribution in [1.82, 2.24) is 5.32 Å². The molecule has 2 heterocycles. The van der Waals surface area contributed by atoms with Gasteiger partial charge in [0.2, 0.25) is 5.91 Å². The van der Waals surface area contributed by atoms with E-state index < -0.39 is 9.84 Å². The third-order valence-corrected chi connectivity index (χ3v) is 7.38. The van der Waals surface area contributed by atoms with Crippen molar-refractivity contribution in [2.45, 2.75) is 24.1 Å². The van der Waals surface area contributed by atoms with Crippen molar-refractivity contribution >= 4 is 38.4 Å². The van der Waals surface area contributed by atoms with Gasteiger partial charge in [-0.1, -0.05) is 23.9 Å². The Morgan fingerprint density at radius 1 is 1.31 bits per heavy atom. The Labute approximate surface area is 157 Å². The second-order valence-corrected chi connectivity index (χ2v) is 9.81. The SMILES string of the molecule is COCCCNC(=O)Cc1ccc(NC2=N[C@H]3CS(=O)(=O)C[C@@H]3S2)cc1. The Bertz CT molecular complexity index is 778. The lowest BCUT2D eigenvalue weighted by Gasteiger charge is -2.08. The molecule has 2 atom stereocenters. The number of aliphatic imine (C=N–C) groups is 1. The van der Waals surface area contributed by atoms with Gasteiger partial charge in [0.15, 0.2) is 15.0 Å². The Hall–Kier alpha value is -1.58. The van der Waals surface area contributed by atoms with Crippen LogP contribution in [-0.2, 0) is 25.8 Å². The maximum absolute atomic E-state index is 11.9. The van der Waals surface area contributed by atoms with Crippen LogP contribution in [0.1, 0.15) is 12.0 Å². The Balaban J connectivity index is 1.47. The van der Waals surface area contributed by atoms with Crippen molar-refractivity contribution in [2.24, 2.45) is 4.99 Å². The van der Waals surface area contributed by atoms with Gasteiger partial charge in [-0.25, -0.2) is 8.42 Å². The summed E-state index contributed by atoms with van der Waals surface area (Å²) in [6.45, 7) is 1.25. The Morgan fingerprint density at radius 2 is 2.08 bits per heavy atom. The van der Waals surface area contributed by atoms with Crippen molar-refractivity contribution in [3.8, 4) is 0 Å². The largest absolute Gasteiger partial charge is 0.385 e. The van der Waals surface area contributed by atoms with Crippen LogP contribution in [0.15, 0.2) is 29.3 Å². The van der Waals surface area contributed by atoms with E-state index in [2.05, 4.69) is 15.6 Å². The minimum Gasteiger partial charge on any atom is -0.385 e. The molecule has 142 valence electrons. The number of ether oxygens (including phenoxy) is 1. The van der Waals surface area contributed by atoms with E-state index in [1.807, 2.05) is 24.3 Å². The van der Waals surface area contributed by atoms with Gasteiger partial charge in [0.1, 0.15) is 0 Å². The first-order chi connectivity index (χ1) is 12.4. The summed E-state index contributed by atoms with van der Waals surface area (Å²) in [7, 11) is -1.29. The van der Waals surface area contributed by atoms with Gasteiger partial charge < -0.3 is 15.4 Å². The van der Waals surface area contributed by atoms with E-state index in [1.54, 1.807) is 7.11 Å². The molecule has 1 amide bonds. The van der Waals surface area contributed by atoms with Crippen molar-refractivity contribution in [3.05, 3.63) is 29.8 Å². The quantitative estimate of drug-likeness (QED) is 0.668. The maximum atomic E-state index is 11.9. The molecule has 0 aromatic heterocycles. The minimum atomic E-state index is -2.93. The van der Waals surface area contributed by atoms with Gasteiger partial charge >= 0.3 is 0 Å². The summed E-state index contributed by atoms with van der Waals surface area (Å²) in [5.74, 6) is 0.343. The second-order valence-electron chi connectivity index (χ2n) is 6.43. The lowest BCUT2D eigenvalue weighted by Crippen LogP contribution is -2.26. The van der Waals surface area contributed by atoms with E-state index in [0.29, 0.717) is 19.6 Å². The number of thioether (sulfide) groups is 1. The van der Waals surface area contributed by atoms with Gasteiger partial charge in [-0.05, 0) is 24.1 Å². The molecule has 2 aliphatic rings. The number of methoxy groups -OCH3 is 1. The summed E-state index contributed by atoms with van der Waals surface area (Å²) in [4.78, 5) is 16.3. The molecule has 0 bridgehead atoms. The first kappa shape index (κ1) is 19.2.